The molecule has 0 spiro atoms. The van der Waals surface area contributed by atoms with E-state index in [1.54, 1.807) is 18.2 Å². The fourth-order valence-corrected chi connectivity index (χ4v) is 2.05. The summed E-state index contributed by atoms with van der Waals surface area (Å²) in [5.41, 5.74) is 7.68. The van der Waals surface area contributed by atoms with Crippen LogP contribution < -0.4 is 11.1 Å². The van der Waals surface area contributed by atoms with Crippen molar-refractivity contribution in [1.29, 1.82) is 0 Å². The predicted octanol–water partition coefficient (Wildman–Crippen LogP) is 3.55. The van der Waals surface area contributed by atoms with E-state index in [-0.39, 0.29) is 5.91 Å². The number of nitrogens with two attached hydrogens (primary N) is 1. The quantitative estimate of drug-likeness (QED) is 0.849. The lowest BCUT2D eigenvalue weighted by Gasteiger charge is -2.07. The zero-order valence-electron chi connectivity index (χ0n) is 10.7. The van der Waals surface area contributed by atoms with Gasteiger partial charge >= 0.3 is 0 Å². The Morgan fingerprint density at radius 1 is 1.10 bits per heavy atom. The minimum Gasteiger partial charge on any atom is -0.398 e. The highest BCUT2D eigenvalue weighted by Crippen LogP contribution is 2.19. The van der Waals surface area contributed by atoms with Crippen LogP contribution in [0.3, 0.4) is 0 Å². The minimum absolute atomic E-state index is 0.166. The van der Waals surface area contributed by atoms with Gasteiger partial charge in [0.25, 0.3) is 5.91 Å². The van der Waals surface area contributed by atoms with E-state index < -0.39 is 0 Å². The Morgan fingerprint density at radius 3 is 2.45 bits per heavy atom. The number of nitrogen functional groups attached to an aromatic ring is 1. The summed E-state index contributed by atoms with van der Waals surface area (Å²) in [6, 6.07) is 12.4. The summed E-state index contributed by atoms with van der Waals surface area (Å²) in [5, 5.41) is 3.92. The maximum Gasteiger partial charge on any atom is 0.251 e. The average Bonchev–Trinajstić information content (AvgIpc) is 2.44. The molecule has 2 rings (SSSR count). The second kappa shape index (κ2) is 6.64. The van der Waals surface area contributed by atoms with Crippen molar-refractivity contribution >= 4 is 34.8 Å². The van der Waals surface area contributed by atoms with Crippen LogP contribution in [0.4, 0.5) is 5.69 Å². The van der Waals surface area contributed by atoms with Crippen LogP contribution in [0, 0.1) is 0 Å². The van der Waals surface area contributed by atoms with Gasteiger partial charge in [0.15, 0.2) is 0 Å². The maximum absolute atomic E-state index is 11.9. The first kappa shape index (κ1) is 14.7. The van der Waals surface area contributed by atoms with Crippen molar-refractivity contribution in [1.82, 2.24) is 5.32 Å². The van der Waals surface area contributed by atoms with Gasteiger partial charge in [0.2, 0.25) is 0 Å². The van der Waals surface area contributed by atoms with E-state index in [9.17, 15) is 4.79 Å². The molecule has 3 N–H and O–H groups in total. The number of nitrogens with one attached hydrogen (secondary N) is 1. The summed E-state index contributed by atoms with van der Waals surface area (Å²) in [6.45, 7) is 0.544. The van der Waals surface area contributed by atoms with Gasteiger partial charge in [-0.1, -0.05) is 35.3 Å². The third-order valence-electron chi connectivity index (χ3n) is 2.88. The molecule has 20 heavy (non-hydrogen) atoms. The van der Waals surface area contributed by atoms with Crippen LogP contribution in [-0.4, -0.2) is 12.5 Å². The molecule has 2 aromatic carbocycles. The van der Waals surface area contributed by atoms with Gasteiger partial charge in [-0.2, -0.15) is 0 Å². The van der Waals surface area contributed by atoms with Gasteiger partial charge < -0.3 is 11.1 Å². The van der Waals surface area contributed by atoms with Crippen molar-refractivity contribution < 1.29 is 4.79 Å². The van der Waals surface area contributed by atoms with Crippen LogP contribution in [0.5, 0.6) is 0 Å². The second-order valence-electron chi connectivity index (χ2n) is 4.37. The molecule has 0 aromatic heterocycles. The van der Waals surface area contributed by atoms with E-state index >= 15 is 0 Å². The van der Waals surface area contributed by atoms with Crippen molar-refractivity contribution in [3.05, 3.63) is 63.6 Å². The Kier molecular flexibility index (Phi) is 4.88. The van der Waals surface area contributed by atoms with E-state index in [1.165, 1.54) is 0 Å². The summed E-state index contributed by atoms with van der Waals surface area (Å²) < 4.78 is 0. The van der Waals surface area contributed by atoms with E-state index in [0.717, 1.165) is 12.0 Å². The van der Waals surface area contributed by atoms with Crippen molar-refractivity contribution in [3.63, 3.8) is 0 Å². The van der Waals surface area contributed by atoms with Gasteiger partial charge in [-0.25, -0.2) is 0 Å². The zero-order chi connectivity index (χ0) is 14.5. The molecule has 0 saturated carbocycles. The van der Waals surface area contributed by atoms with Crippen LogP contribution in [0.25, 0.3) is 0 Å². The van der Waals surface area contributed by atoms with Crippen molar-refractivity contribution in [2.45, 2.75) is 6.42 Å². The smallest absolute Gasteiger partial charge is 0.251 e. The SMILES string of the molecule is Nc1ccc(C(=O)NCCc2ccc(Cl)cc2)cc1Cl. The number of rotatable bonds is 4. The van der Waals surface area contributed by atoms with Crippen molar-refractivity contribution in [2.75, 3.05) is 12.3 Å². The number of hydrogen-bond donors (Lipinski definition) is 2. The Balaban J connectivity index is 1.88. The third kappa shape index (κ3) is 3.89. The molecular formula is C15H14Cl2N2O. The van der Waals surface area contributed by atoms with Gasteiger partial charge in [-0.3, -0.25) is 4.79 Å². The maximum atomic E-state index is 11.9. The molecule has 5 heteroatoms. The Bertz CT molecular complexity index is 612. The highest BCUT2D eigenvalue weighted by molar-refractivity contribution is 6.33. The van der Waals surface area contributed by atoms with Crippen LogP contribution in [-0.2, 0) is 6.42 Å². The number of hydrogen-bond acceptors (Lipinski definition) is 2. The van der Waals surface area contributed by atoms with Gasteiger partial charge in [0.05, 0.1) is 10.7 Å². The van der Waals surface area contributed by atoms with Gasteiger partial charge in [-0.05, 0) is 42.3 Å². The van der Waals surface area contributed by atoms with E-state index in [4.69, 9.17) is 28.9 Å². The fourth-order valence-electron chi connectivity index (χ4n) is 1.74. The molecule has 0 aliphatic carbocycles. The molecule has 0 saturated heterocycles. The molecule has 0 fully saturated rings. The molecule has 3 nitrogen and oxygen atoms in total. The van der Waals surface area contributed by atoms with Crippen molar-refractivity contribution in [3.8, 4) is 0 Å². The second-order valence-corrected chi connectivity index (χ2v) is 5.21. The number of halogens is 2. The largest absolute Gasteiger partial charge is 0.398 e. The highest BCUT2D eigenvalue weighted by atomic mass is 35.5. The van der Waals surface area contributed by atoms with E-state index in [2.05, 4.69) is 5.32 Å². The molecule has 0 bridgehead atoms. The number of carbonyl (C=O) groups excluding carboxylic acids is 1. The summed E-state index contributed by atoms with van der Waals surface area (Å²) >= 11 is 11.7. The molecule has 104 valence electrons. The fraction of sp³-hybridized carbons (Fsp3) is 0.133. The van der Waals surface area contributed by atoms with Crippen LogP contribution in [0.2, 0.25) is 10.0 Å². The number of amides is 1. The lowest BCUT2D eigenvalue weighted by atomic mass is 10.1. The Labute approximate surface area is 127 Å². The van der Waals surface area contributed by atoms with E-state index in [0.29, 0.717) is 27.8 Å². The van der Waals surface area contributed by atoms with Gasteiger partial charge in [0.1, 0.15) is 0 Å². The lowest BCUT2D eigenvalue weighted by molar-refractivity contribution is 0.0954. The standard InChI is InChI=1S/C15H14Cl2N2O/c16-12-4-1-10(2-5-12)7-8-19-15(20)11-3-6-14(18)13(17)9-11/h1-6,9H,7-8,18H2,(H,19,20). The molecule has 0 heterocycles. The predicted molar refractivity (Wildman–Crippen MR) is 83.4 cm³/mol. The third-order valence-corrected chi connectivity index (χ3v) is 3.45. The first-order valence-electron chi connectivity index (χ1n) is 6.14. The molecule has 0 atom stereocenters. The van der Waals surface area contributed by atoms with Gasteiger partial charge in [-0.15, -0.1) is 0 Å². The van der Waals surface area contributed by atoms with Crippen LogP contribution >= 0.6 is 23.2 Å². The number of benzene rings is 2. The topological polar surface area (TPSA) is 55.1 Å². The number of anilines is 1. The first-order valence-corrected chi connectivity index (χ1v) is 6.89. The van der Waals surface area contributed by atoms with Gasteiger partial charge in [0, 0.05) is 17.1 Å². The summed E-state index contributed by atoms with van der Waals surface area (Å²) in [7, 11) is 0. The summed E-state index contributed by atoms with van der Waals surface area (Å²) in [4.78, 5) is 11.9. The normalized spacial score (nSPS) is 10.3. The molecule has 0 unspecified atom stereocenters. The molecule has 0 aliphatic rings. The van der Waals surface area contributed by atoms with Crippen molar-refractivity contribution in [2.24, 2.45) is 0 Å². The zero-order valence-corrected chi connectivity index (χ0v) is 12.2. The Hall–Kier alpha value is -1.71. The molecule has 1 amide bonds. The molecule has 2 aromatic rings. The van der Waals surface area contributed by atoms with Crippen LogP contribution in [0.15, 0.2) is 42.5 Å². The highest BCUT2D eigenvalue weighted by Gasteiger charge is 2.07. The monoisotopic (exact) mass is 308 g/mol. The Morgan fingerprint density at radius 2 is 1.80 bits per heavy atom. The molecule has 0 radical (unpaired) electrons. The number of carbonyl (C=O) groups is 1. The first-order chi connectivity index (χ1) is 9.56. The van der Waals surface area contributed by atoms with E-state index in [1.807, 2.05) is 24.3 Å². The minimum atomic E-state index is -0.166. The average molecular weight is 309 g/mol. The summed E-state index contributed by atoms with van der Waals surface area (Å²) in [6.07, 6.45) is 0.742. The van der Waals surface area contributed by atoms with Crippen LogP contribution in [0.1, 0.15) is 15.9 Å². The molecule has 0 aliphatic heterocycles. The lowest BCUT2D eigenvalue weighted by Crippen LogP contribution is -2.25. The summed E-state index contributed by atoms with van der Waals surface area (Å²) in [5.74, 6) is -0.166. The molecular weight excluding hydrogens is 295 g/mol.